The molecule has 0 aromatic carbocycles. The minimum Gasteiger partial charge on any atom is -0.322 e. The molecule has 0 rings (SSSR count). The average molecular weight is 357 g/mol. The third-order valence-electron chi connectivity index (χ3n) is 2.20. The molecule has 6 nitrogen and oxygen atoms in total. The first-order valence-electron chi connectivity index (χ1n) is 5.95. The van der Waals surface area contributed by atoms with Crippen LogP contribution in [0.1, 0.15) is 39.5 Å². The van der Waals surface area contributed by atoms with Crippen LogP contribution in [0.2, 0.25) is 0 Å². The van der Waals surface area contributed by atoms with Gasteiger partial charge in [-0.2, -0.15) is 0 Å². The first-order valence-corrected chi connectivity index (χ1v) is 9.86. The van der Waals surface area contributed by atoms with E-state index in [1.165, 1.54) is 0 Å². The summed E-state index contributed by atoms with van der Waals surface area (Å²) < 4.78 is 30.8. The molecule has 0 spiro atoms. The van der Waals surface area contributed by atoms with E-state index in [4.69, 9.17) is 42.0 Å². The molecule has 0 aliphatic heterocycles. The molecule has 0 atom stereocenters. The van der Waals surface area contributed by atoms with E-state index in [0.717, 1.165) is 12.8 Å². The fourth-order valence-electron chi connectivity index (χ4n) is 1.01. The topological polar surface area (TPSA) is 93.1 Å². The zero-order valence-corrected chi connectivity index (χ0v) is 14.2. The summed E-state index contributed by atoms with van der Waals surface area (Å²) in [5.74, 6) is 0. The molecule has 0 amide bonds. The third-order valence-corrected chi connectivity index (χ3v) is 8.68. The van der Waals surface area contributed by atoms with E-state index in [1.807, 2.05) is 13.8 Å². The lowest BCUT2D eigenvalue weighted by Gasteiger charge is -2.29. The van der Waals surface area contributed by atoms with E-state index in [1.54, 1.807) is 0 Å². The smallest absolute Gasteiger partial charge is 0.322 e. The molecule has 0 radical (unpaired) electrons. The number of halogens is 2. The Morgan fingerprint density at radius 2 is 1.37 bits per heavy atom. The molecule has 0 saturated heterocycles. The standard InChI is InChI=1S/C9H20Cl2O6P2/c1-3-5-7-16-19(15,17-8-6-4-2)9(10,11)18(12,13)14/h3-8H2,1-2H3,(H2,12,13,14). The first-order chi connectivity index (χ1) is 8.62. The van der Waals surface area contributed by atoms with Crippen molar-refractivity contribution < 1.29 is 28.0 Å². The Kier molecular flexibility index (Phi) is 8.74. The largest absolute Gasteiger partial charge is 0.379 e. The monoisotopic (exact) mass is 356 g/mol. The van der Waals surface area contributed by atoms with Gasteiger partial charge in [-0.1, -0.05) is 49.9 Å². The highest BCUT2D eigenvalue weighted by atomic mass is 35.5. The second-order valence-electron chi connectivity index (χ2n) is 3.92. The maximum atomic E-state index is 12.4. The molecule has 0 aliphatic carbocycles. The van der Waals surface area contributed by atoms with Crippen molar-refractivity contribution in [3.05, 3.63) is 0 Å². The average Bonchev–Trinajstić information content (AvgIpc) is 2.28. The highest BCUT2D eigenvalue weighted by Gasteiger charge is 2.61. The first kappa shape index (κ1) is 19.9. The Hall–Kier alpha value is 0.880. The van der Waals surface area contributed by atoms with Crippen LogP contribution in [-0.4, -0.2) is 26.8 Å². The number of alkyl halides is 2. The Labute approximate surface area is 123 Å². The molecule has 0 aliphatic rings. The number of unbranched alkanes of at least 4 members (excludes halogenated alkanes) is 2. The van der Waals surface area contributed by atoms with Crippen molar-refractivity contribution in [2.75, 3.05) is 13.2 Å². The van der Waals surface area contributed by atoms with E-state index in [-0.39, 0.29) is 13.2 Å². The van der Waals surface area contributed by atoms with Crippen LogP contribution in [-0.2, 0) is 18.2 Å². The van der Waals surface area contributed by atoms with Crippen LogP contribution in [0.15, 0.2) is 0 Å². The molecule has 0 aromatic heterocycles. The lowest BCUT2D eigenvalue weighted by molar-refractivity contribution is 0.197. The molecular formula is C9H20Cl2O6P2. The minimum atomic E-state index is -5.07. The van der Waals surface area contributed by atoms with Crippen molar-refractivity contribution >= 4 is 38.4 Å². The molecule has 10 heteroatoms. The Morgan fingerprint density at radius 1 is 1.00 bits per heavy atom. The summed E-state index contributed by atoms with van der Waals surface area (Å²) in [4.78, 5) is 18.2. The minimum absolute atomic E-state index is 0.00108. The predicted molar refractivity (Wildman–Crippen MR) is 75.8 cm³/mol. The van der Waals surface area contributed by atoms with Gasteiger partial charge >= 0.3 is 19.0 Å². The Bertz CT molecular complexity index is 343. The number of hydrogen-bond acceptors (Lipinski definition) is 4. The maximum Gasteiger partial charge on any atom is 0.379 e. The van der Waals surface area contributed by atoms with E-state index in [2.05, 4.69) is 0 Å². The van der Waals surface area contributed by atoms with Crippen LogP contribution in [0.25, 0.3) is 0 Å². The van der Waals surface area contributed by atoms with Crippen molar-refractivity contribution in [3.63, 3.8) is 0 Å². The van der Waals surface area contributed by atoms with Crippen LogP contribution in [0.3, 0.4) is 0 Å². The van der Waals surface area contributed by atoms with Crippen LogP contribution in [0.4, 0.5) is 0 Å². The predicted octanol–water partition coefficient (Wildman–Crippen LogP) is 4.08. The van der Waals surface area contributed by atoms with Crippen molar-refractivity contribution in [1.82, 2.24) is 0 Å². The second-order valence-corrected chi connectivity index (χ2v) is 10.6. The molecule has 0 heterocycles. The lowest BCUT2D eigenvalue weighted by Crippen LogP contribution is -2.19. The molecule has 116 valence electrons. The number of hydrogen-bond donors (Lipinski definition) is 2. The molecular weight excluding hydrogens is 337 g/mol. The normalized spacial score (nSPS) is 13.8. The summed E-state index contributed by atoms with van der Waals surface area (Å²) in [6.07, 6.45) is 2.60. The lowest BCUT2D eigenvalue weighted by atomic mass is 10.4. The van der Waals surface area contributed by atoms with Crippen LogP contribution < -0.4 is 0 Å². The van der Waals surface area contributed by atoms with Gasteiger partial charge in [-0.15, -0.1) is 0 Å². The summed E-state index contributed by atoms with van der Waals surface area (Å²) in [5, 5.41) is 0. The zero-order chi connectivity index (χ0) is 15.2. The quantitative estimate of drug-likeness (QED) is 0.348. The van der Waals surface area contributed by atoms with Gasteiger partial charge in [0, 0.05) is 0 Å². The second kappa shape index (κ2) is 8.35. The zero-order valence-electron chi connectivity index (χ0n) is 10.9. The number of rotatable bonds is 10. The summed E-state index contributed by atoms with van der Waals surface area (Å²) in [6.45, 7) is 3.76. The van der Waals surface area contributed by atoms with Crippen molar-refractivity contribution in [1.29, 1.82) is 0 Å². The van der Waals surface area contributed by atoms with Gasteiger partial charge in [0.15, 0.2) is 0 Å². The molecule has 2 N–H and O–H groups in total. The van der Waals surface area contributed by atoms with Gasteiger partial charge in [-0.3, -0.25) is 9.13 Å². The summed E-state index contributed by atoms with van der Waals surface area (Å²) in [7, 11) is -9.41. The Balaban J connectivity index is 5.03. The molecule has 0 bridgehead atoms. The maximum absolute atomic E-state index is 12.4. The van der Waals surface area contributed by atoms with Gasteiger partial charge in [0.05, 0.1) is 13.2 Å². The summed E-state index contributed by atoms with van der Waals surface area (Å²) >= 11 is 11.1. The van der Waals surface area contributed by atoms with Crippen LogP contribution >= 0.6 is 38.4 Å². The van der Waals surface area contributed by atoms with E-state index in [9.17, 15) is 9.13 Å². The fraction of sp³-hybridized carbons (Fsp3) is 1.00. The van der Waals surface area contributed by atoms with Crippen molar-refractivity contribution in [3.8, 4) is 0 Å². The fourth-order valence-corrected chi connectivity index (χ4v) is 4.34. The highest BCUT2D eigenvalue weighted by molar-refractivity contribution is 7.79. The van der Waals surface area contributed by atoms with Crippen LogP contribution in [0, 0.1) is 0 Å². The van der Waals surface area contributed by atoms with E-state index >= 15 is 0 Å². The van der Waals surface area contributed by atoms with Crippen LogP contribution in [0.5, 0.6) is 0 Å². The molecule has 0 saturated carbocycles. The third kappa shape index (κ3) is 5.64. The van der Waals surface area contributed by atoms with Gasteiger partial charge in [0.25, 0.3) is 0 Å². The van der Waals surface area contributed by atoms with Gasteiger partial charge in [-0.05, 0) is 12.8 Å². The summed E-state index contributed by atoms with van der Waals surface area (Å²) in [5.41, 5.74) is 0. The van der Waals surface area contributed by atoms with Gasteiger partial charge < -0.3 is 18.8 Å². The van der Waals surface area contributed by atoms with Gasteiger partial charge in [0.2, 0.25) is 0 Å². The molecule has 19 heavy (non-hydrogen) atoms. The SMILES string of the molecule is CCCCOP(=O)(OCCCC)C(Cl)(Cl)P(=O)(O)O. The Morgan fingerprint density at radius 3 is 1.63 bits per heavy atom. The summed E-state index contributed by atoms with van der Waals surface area (Å²) in [6, 6.07) is 0. The molecule has 0 unspecified atom stereocenters. The molecule has 0 aromatic rings. The highest BCUT2D eigenvalue weighted by Crippen LogP contribution is 2.78. The van der Waals surface area contributed by atoms with Gasteiger partial charge in [0.1, 0.15) is 0 Å². The van der Waals surface area contributed by atoms with Crippen molar-refractivity contribution in [2.45, 2.75) is 43.3 Å². The van der Waals surface area contributed by atoms with Gasteiger partial charge in [-0.25, -0.2) is 0 Å². The van der Waals surface area contributed by atoms with Crippen molar-refractivity contribution in [2.24, 2.45) is 0 Å². The molecule has 0 fully saturated rings. The van der Waals surface area contributed by atoms with E-state index < -0.39 is 19.0 Å². The van der Waals surface area contributed by atoms with E-state index in [0.29, 0.717) is 12.8 Å².